The third-order valence-electron chi connectivity index (χ3n) is 1.43. The summed E-state index contributed by atoms with van der Waals surface area (Å²) in [5.41, 5.74) is 0. The summed E-state index contributed by atoms with van der Waals surface area (Å²) in [7, 11) is 7.12. The smallest absolute Gasteiger partial charge is 0.307 e. The van der Waals surface area contributed by atoms with Crippen molar-refractivity contribution in [1.29, 1.82) is 0 Å². The molecule has 0 saturated heterocycles. The first-order chi connectivity index (χ1) is 4.95. The Kier molecular flexibility index (Phi) is 4.07. The molecule has 0 heterocycles. The Morgan fingerprint density at radius 1 is 1.27 bits per heavy atom. The van der Waals surface area contributed by atoms with Crippen molar-refractivity contribution in [3.63, 3.8) is 0 Å². The summed E-state index contributed by atoms with van der Waals surface area (Å²) < 4.78 is 0. The molecular formula is C7H15N2O2. The van der Waals surface area contributed by atoms with Crippen LogP contribution in [0.5, 0.6) is 0 Å². The SMILES string of the molecule is CN(C)CC(C([O])=O)N(C)C. The molecule has 1 unspecified atom stereocenters. The minimum Gasteiger partial charge on any atom is -0.307 e. The average Bonchev–Trinajstić information content (AvgIpc) is 1.81. The molecule has 0 aromatic heterocycles. The van der Waals surface area contributed by atoms with Crippen molar-refractivity contribution in [2.75, 3.05) is 34.7 Å². The Bertz CT molecular complexity index is 134. The van der Waals surface area contributed by atoms with Gasteiger partial charge in [-0.05, 0) is 28.2 Å². The van der Waals surface area contributed by atoms with Crippen LogP contribution >= 0.6 is 0 Å². The van der Waals surface area contributed by atoms with E-state index in [4.69, 9.17) is 0 Å². The predicted octanol–water partition coefficient (Wildman–Crippen LogP) is -0.565. The van der Waals surface area contributed by atoms with Gasteiger partial charge in [0.2, 0.25) is 0 Å². The lowest BCUT2D eigenvalue weighted by Gasteiger charge is -2.21. The zero-order chi connectivity index (χ0) is 9.02. The summed E-state index contributed by atoms with van der Waals surface area (Å²) in [5.74, 6) is -1.02. The van der Waals surface area contributed by atoms with E-state index < -0.39 is 12.0 Å². The van der Waals surface area contributed by atoms with Gasteiger partial charge in [-0.15, -0.1) is 0 Å². The Balaban J connectivity index is 4.01. The van der Waals surface area contributed by atoms with Crippen LogP contribution in [0, 0.1) is 0 Å². The molecular weight excluding hydrogens is 144 g/mol. The quantitative estimate of drug-likeness (QED) is 0.552. The van der Waals surface area contributed by atoms with Gasteiger partial charge in [-0.25, -0.2) is 9.90 Å². The van der Waals surface area contributed by atoms with E-state index in [0.29, 0.717) is 6.54 Å². The highest BCUT2D eigenvalue weighted by molar-refractivity contribution is 5.73. The minimum absolute atomic E-state index is 0.481. The van der Waals surface area contributed by atoms with E-state index >= 15 is 0 Å². The molecule has 0 aromatic rings. The molecule has 11 heavy (non-hydrogen) atoms. The van der Waals surface area contributed by atoms with Gasteiger partial charge in [0, 0.05) is 6.54 Å². The predicted molar refractivity (Wildman–Crippen MR) is 41.7 cm³/mol. The van der Waals surface area contributed by atoms with Gasteiger partial charge in [-0.3, -0.25) is 4.90 Å². The molecule has 0 aliphatic carbocycles. The summed E-state index contributed by atoms with van der Waals surface area (Å²) in [6.07, 6.45) is 0. The van der Waals surface area contributed by atoms with Crippen molar-refractivity contribution in [3.8, 4) is 0 Å². The third kappa shape index (κ3) is 3.95. The second kappa shape index (κ2) is 4.31. The van der Waals surface area contributed by atoms with Gasteiger partial charge < -0.3 is 4.90 Å². The van der Waals surface area contributed by atoms with E-state index in [1.165, 1.54) is 0 Å². The summed E-state index contributed by atoms with van der Waals surface area (Å²) >= 11 is 0. The number of likely N-dealkylation sites (N-methyl/N-ethyl adjacent to an activating group) is 2. The van der Waals surface area contributed by atoms with Crippen LogP contribution in [0.2, 0.25) is 0 Å². The second-order valence-corrected chi connectivity index (χ2v) is 3.06. The Morgan fingerprint density at radius 3 is 1.82 bits per heavy atom. The summed E-state index contributed by atoms with van der Waals surface area (Å²) in [4.78, 5) is 14.0. The normalized spacial score (nSPS) is 14.0. The van der Waals surface area contributed by atoms with Crippen molar-refractivity contribution < 1.29 is 9.90 Å². The molecule has 65 valence electrons. The highest BCUT2D eigenvalue weighted by Gasteiger charge is 2.21. The topological polar surface area (TPSA) is 43.5 Å². The molecule has 4 nitrogen and oxygen atoms in total. The summed E-state index contributed by atoms with van der Waals surface area (Å²) in [6, 6.07) is -0.523. The molecule has 0 bridgehead atoms. The molecule has 4 heteroatoms. The molecule has 0 aliphatic rings. The first-order valence-electron chi connectivity index (χ1n) is 3.47. The molecule has 1 radical (unpaired) electrons. The van der Waals surface area contributed by atoms with Crippen LogP contribution in [-0.2, 0) is 9.90 Å². The molecule has 0 aromatic carbocycles. The Hall–Kier alpha value is -0.610. The third-order valence-corrected chi connectivity index (χ3v) is 1.43. The fourth-order valence-corrected chi connectivity index (χ4v) is 0.795. The molecule has 0 saturated carbocycles. The van der Waals surface area contributed by atoms with Crippen molar-refractivity contribution in [3.05, 3.63) is 0 Å². The second-order valence-electron chi connectivity index (χ2n) is 3.06. The maximum Gasteiger partial charge on any atom is 0.373 e. The Morgan fingerprint density at radius 2 is 1.73 bits per heavy atom. The maximum atomic E-state index is 10.5. The van der Waals surface area contributed by atoms with Crippen LogP contribution in [0.4, 0.5) is 0 Å². The largest absolute Gasteiger partial charge is 0.373 e. The van der Waals surface area contributed by atoms with Crippen LogP contribution in [0.15, 0.2) is 0 Å². The molecule has 0 spiro atoms. The van der Waals surface area contributed by atoms with Crippen LogP contribution < -0.4 is 0 Å². The zero-order valence-corrected chi connectivity index (χ0v) is 7.50. The molecule has 0 fully saturated rings. The van der Waals surface area contributed by atoms with E-state index in [0.717, 1.165) is 0 Å². The Labute approximate surface area is 67.4 Å². The lowest BCUT2D eigenvalue weighted by Crippen LogP contribution is -2.42. The number of hydrogen-bond donors (Lipinski definition) is 0. The number of hydrogen-bond acceptors (Lipinski definition) is 3. The van der Waals surface area contributed by atoms with Crippen LogP contribution in [-0.4, -0.2) is 56.5 Å². The van der Waals surface area contributed by atoms with Gasteiger partial charge >= 0.3 is 5.97 Å². The first kappa shape index (κ1) is 10.4. The van der Waals surface area contributed by atoms with E-state index in [1.54, 1.807) is 19.0 Å². The maximum absolute atomic E-state index is 10.5. The van der Waals surface area contributed by atoms with Crippen LogP contribution in [0.1, 0.15) is 0 Å². The molecule has 0 aliphatic heterocycles. The van der Waals surface area contributed by atoms with Gasteiger partial charge in [0.15, 0.2) is 0 Å². The standard InChI is InChI=1S/C7H15N2O2/c1-8(2)5-6(7(10)11)9(3)4/h6H,5H2,1-4H3. The number of carbonyl (C=O) groups is 1. The van der Waals surface area contributed by atoms with Crippen molar-refractivity contribution in [2.45, 2.75) is 6.04 Å². The van der Waals surface area contributed by atoms with E-state index in [2.05, 4.69) is 0 Å². The fraction of sp³-hybridized carbons (Fsp3) is 0.857. The van der Waals surface area contributed by atoms with Gasteiger partial charge in [0.25, 0.3) is 0 Å². The lowest BCUT2D eigenvalue weighted by atomic mass is 10.2. The summed E-state index contributed by atoms with van der Waals surface area (Å²) in [6.45, 7) is 0.481. The number of nitrogens with zero attached hydrogens (tertiary/aromatic N) is 2. The van der Waals surface area contributed by atoms with Gasteiger partial charge in [-0.1, -0.05) is 0 Å². The van der Waals surface area contributed by atoms with E-state index in [9.17, 15) is 9.90 Å². The molecule has 1 atom stereocenters. The lowest BCUT2D eigenvalue weighted by molar-refractivity contribution is -0.149. The van der Waals surface area contributed by atoms with Crippen LogP contribution in [0.25, 0.3) is 0 Å². The van der Waals surface area contributed by atoms with Gasteiger partial charge in [0.05, 0.1) is 0 Å². The highest BCUT2D eigenvalue weighted by Crippen LogP contribution is 1.95. The molecule has 0 rings (SSSR count). The van der Waals surface area contributed by atoms with Crippen molar-refractivity contribution in [2.24, 2.45) is 0 Å². The minimum atomic E-state index is -1.02. The van der Waals surface area contributed by atoms with Gasteiger partial charge in [-0.2, -0.15) is 0 Å². The van der Waals surface area contributed by atoms with E-state index in [-0.39, 0.29) is 0 Å². The highest BCUT2D eigenvalue weighted by atomic mass is 16.4. The zero-order valence-electron chi connectivity index (χ0n) is 7.50. The van der Waals surface area contributed by atoms with Crippen molar-refractivity contribution in [1.82, 2.24) is 9.80 Å². The van der Waals surface area contributed by atoms with Gasteiger partial charge in [0.1, 0.15) is 6.04 Å². The molecule has 0 amide bonds. The summed E-state index contributed by atoms with van der Waals surface area (Å²) in [5, 5.41) is 10.5. The van der Waals surface area contributed by atoms with Crippen molar-refractivity contribution >= 4 is 5.97 Å². The average molecular weight is 159 g/mol. The first-order valence-corrected chi connectivity index (χ1v) is 3.47. The van der Waals surface area contributed by atoms with E-state index in [1.807, 2.05) is 19.0 Å². The fourth-order valence-electron chi connectivity index (χ4n) is 0.795. The monoisotopic (exact) mass is 159 g/mol. The molecule has 0 N–H and O–H groups in total. The number of rotatable bonds is 4. The van der Waals surface area contributed by atoms with Crippen LogP contribution in [0.3, 0.4) is 0 Å². The number of carbonyl (C=O) groups excluding carboxylic acids is 1.